The number of benzene rings is 2. The Balaban J connectivity index is 1.87. The van der Waals surface area contributed by atoms with Crippen molar-refractivity contribution in [1.29, 1.82) is 0 Å². The van der Waals surface area contributed by atoms with Gasteiger partial charge >= 0.3 is 6.61 Å². The first-order chi connectivity index (χ1) is 12.5. The first-order valence-corrected chi connectivity index (χ1v) is 7.95. The van der Waals surface area contributed by atoms with Gasteiger partial charge in [-0.1, -0.05) is 6.07 Å². The maximum atomic E-state index is 12.1. The van der Waals surface area contributed by atoms with Crippen LogP contribution >= 0.6 is 0 Å². The fraction of sp³-hybridized carbons (Fsp3) is 0.222. The van der Waals surface area contributed by atoms with Gasteiger partial charge in [0.2, 0.25) is 5.91 Å². The molecule has 0 bridgehead atoms. The Morgan fingerprint density at radius 3 is 2.46 bits per heavy atom. The van der Waals surface area contributed by atoms with Crippen LogP contribution in [0.2, 0.25) is 0 Å². The van der Waals surface area contributed by atoms with Gasteiger partial charge in [-0.2, -0.15) is 8.78 Å². The predicted octanol–water partition coefficient (Wildman–Crippen LogP) is 3.09. The van der Waals surface area contributed by atoms with Crippen molar-refractivity contribution in [3.05, 3.63) is 54.1 Å². The molecule has 138 valence electrons. The summed E-state index contributed by atoms with van der Waals surface area (Å²) in [5, 5.41) is 8.23. The summed E-state index contributed by atoms with van der Waals surface area (Å²) in [6.07, 6.45) is 0. The second kappa shape index (κ2) is 9.36. The molecule has 2 rings (SSSR count). The van der Waals surface area contributed by atoms with E-state index in [-0.39, 0.29) is 24.1 Å². The molecule has 6 nitrogen and oxygen atoms in total. The normalized spacial score (nSPS) is 10.3. The topological polar surface area (TPSA) is 79.5 Å². The molecule has 2 amide bonds. The van der Waals surface area contributed by atoms with Gasteiger partial charge in [0.15, 0.2) is 0 Å². The van der Waals surface area contributed by atoms with Gasteiger partial charge in [0.1, 0.15) is 5.75 Å². The van der Waals surface area contributed by atoms with Gasteiger partial charge in [-0.05, 0) is 49.4 Å². The number of alkyl halides is 2. The standard InChI is InChI=1S/C18H19F2N3O3/c1-2-21-17(25)12-4-3-5-14(10-12)23-16(24)11-22-13-6-8-15(9-7-13)26-18(19)20/h3-10,18,22H,2,11H2,1H3,(H,21,25)(H,23,24). The summed E-state index contributed by atoms with van der Waals surface area (Å²) in [4.78, 5) is 23.8. The Morgan fingerprint density at radius 2 is 1.81 bits per heavy atom. The van der Waals surface area contributed by atoms with E-state index in [0.29, 0.717) is 23.5 Å². The van der Waals surface area contributed by atoms with E-state index >= 15 is 0 Å². The number of anilines is 2. The van der Waals surface area contributed by atoms with Gasteiger partial charge in [0.25, 0.3) is 5.91 Å². The summed E-state index contributed by atoms with van der Waals surface area (Å²) in [6.45, 7) is -0.572. The molecule has 0 radical (unpaired) electrons. The summed E-state index contributed by atoms with van der Waals surface area (Å²) in [5.41, 5.74) is 1.53. The van der Waals surface area contributed by atoms with Crippen LogP contribution in [0.3, 0.4) is 0 Å². The van der Waals surface area contributed by atoms with Crippen LogP contribution in [-0.2, 0) is 4.79 Å². The number of ether oxygens (including phenoxy) is 1. The van der Waals surface area contributed by atoms with Gasteiger partial charge in [-0.3, -0.25) is 9.59 Å². The molecule has 0 aliphatic carbocycles. The smallest absolute Gasteiger partial charge is 0.387 e. The highest BCUT2D eigenvalue weighted by atomic mass is 19.3. The maximum Gasteiger partial charge on any atom is 0.387 e. The Hall–Kier alpha value is -3.16. The number of hydrogen-bond donors (Lipinski definition) is 3. The van der Waals surface area contributed by atoms with Crippen molar-refractivity contribution in [1.82, 2.24) is 5.32 Å². The highest BCUT2D eigenvalue weighted by molar-refractivity contribution is 5.98. The first-order valence-electron chi connectivity index (χ1n) is 7.95. The van der Waals surface area contributed by atoms with E-state index in [1.807, 2.05) is 6.92 Å². The molecule has 0 aliphatic rings. The number of halogens is 2. The number of hydrogen-bond acceptors (Lipinski definition) is 4. The fourth-order valence-corrected chi connectivity index (χ4v) is 2.14. The minimum atomic E-state index is -2.88. The molecule has 0 unspecified atom stereocenters. The lowest BCUT2D eigenvalue weighted by molar-refractivity contribution is -0.114. The summed E-state index contributed by atoms with van der Waals surface area (Å²) >= 11 is 0. The zero-order valence-electron chi connectivity index (χ0n) is 14.1. The number of carbonyl (C=O) groups excluding carboxylic acids is 2. The van der Waals surface area contributed by atoms with Crippen LogP contribution in [0.4, 0.5) is 20.2 Å². The van der Waals surface area contributed by atoms with Gasteiger partial charge in [-0.25, -0.2) is 0 Å². The third kappa shape index (κ3) is 6.04. The number of nitrogens with one attached hydrogen (secondary N) is 3. The third-order valence-electron chi connectivity index (χ3n) is 3.28. The summed E-state index contributed by atoms with van der Waals surface area (Å²) in [6, 6.07) is 12.4. The van der Waals surface area contributed by atoms with Crippen LogP contribution in [0.15, 0.2) is 48.5 Å². The Morgan fingerprint density at radius 1 is 1.08 bits per heavy atom. The molecular weight excluding hydrogens is 344 g/mol. The lowest BCUT2D eigenvalue weighted by atomic mass is 10.2. The van der Waals surface area contributed by atoms with E-state index in [1.54, 1.807) is 24.3 Å². The zero-order valence-corrected chi connectivity index (χ0v) is 14.1. The first kappa shape index (κ1) is 19.2. The van der Waals surface area contributed by atoms with Crippen LogP contribution in [0.5, 0.6) is 5.75 Å². The Bertz CT molecular complexity index is 752. The molecule has 26 heavy (non-hydrogen) atoms. The highest BCUT2D eigenvalue weighted by Crippen LogP contribution is 2.17. The van der Waals surface area contributed by atoms with Gasteiger partial charge < -0.3 is 20.7 Å². The average molecular weight is 363 g/mol. The van der Waals surface area contributed by atoms with Gasteiger partial charge in [-0.15, -0.1) is 0 Å². The average Bonchev–Trinajstić information content (AvgIpc) is 2.61. The van der Waals surface area contributed by atoms with Crippen LogP contribution in [-0.4, -0.2) is 31.5 Å². The van der Waals surface area contributed by atoms with Gasteiger partial charge in [0.05, 0.1) is 6.54 Å². The molecule has 8 heteroatoms. The van der Waals surface area contributed by atoms with Crippen molar-refractivity contribution in [2.45, 2.75) is 13.5 Å². The fourth-order valence-electron chi connectivity index (χ4n) is 2.14. The molecule has 0 fully saturated rings. The number of carbonyl (C=O) groups is 2. The number of rotatable bonds is 8. The van der Waals surface area contributed by atoms with Crippen molar-refractivity contribution < 1.29 is 23.1 Å². The van der Waals surface area contributed by atoms with Crippen molar-refractivity contribution in [2.24, 2.45) is 0 Å². The molecule has 0 saturated carbocycles. The maximum absolute atomic E-state index is 12.1. The van der Waals surface area contributed by atoms with E-state index in [0.717, 1.165) is 0 Å². The molecule has 0 spiro atoms. The lowest BCUT2D eigenvalue weighted by Crippen LogP contribution is -2.24. The largest absolute Gasteiger partial charge is 0.435 e. The molecule has 0 saturated heterocycles. The molecule has 0 aromatic heterocycles. The second-order valence-corrected chi connectivity index (χ2v) is 5.24. The van der Waals surface area contributed by atoms with E-state index in [4.69, 9.17) is 0 Å². The minimum Gasteiger partial charge on any atom is -0.435 e. The summed E-state index contributed by atoms with van der Waals surface area (Å²) in [5.74, 6) is -0.490. The van der Waals surface area contributed by atoms with Crippen LogP contribution in [0.25, 0.3) is 0 Å². The molecule has 3 N–H and O–H groups in total. The van der Waals surface area contributed by atoms with Crippen molar-refractivity contribution >= 4 is 23.2 Å². The highest BCUT2D eigenvalue weighted by Gasteiger charge is 2.08. The Labute approximate surface area is 149 Å². The number of amides is 2. The van der Waals surface area contributed by atoms with Crippen LogP contribution < -0.4 is 20.7 Å². The second-order valence-electron chi connectivity index (χ2n) is 5.24. The van der Waals surface area contributed by atoms with Crippen molar-refractivity contribution in [3.8, 4) is 5.75 Å². The van der Waals surface area contributed by atoms with E-state index in [9.17, 15) is 18.4 Å². The third-order valence-corrected chi connectivity index (χ3v) is 3.28. The van der Waals surface area contributed by atoms with Crippen molar-refractivity contribution in [2.75, 3.05) is 23.7 Å². The molecule has 0 atom stereocenters. The van der Waals surface area contributed by atoms with Gasteiger partial charge in [0, 0.05) is 23.5 Å². The lowest BCUT2D eigenvalue weighted by Gasteiger charge is -2.10. The van der Waals surface area contributed by atoms with E-state index in [2.05, 4.69) is 20.7 Å². The monoisotopic (exact) mass is 363 g/mol. The zero-order chi connectivity index (χ0) is 18.9. The molecule has 0 heterocycles. The quantitative estimate of drug-likeness (QED) is 0.673. The molecule has 2 aromatic carbocycles. The summed E-state index contributed by atoms with van der Waals surface area (Å²) < 4.78 is 28.4. The Kier molecular flexibility index (Phi) is 6.90. The van der Waals surface area contributed by atoms with E-state index < -0.39 is 6.61 Å². The van der Waals surface area contributed by atoms with Crippen LogP contribution in [0.1, 0.15) is 17.3 Å². The SMILES string of the molecule is CCNC(=O)c1cccc(NC(=O)CNc2ccc(OC(F)F)cc2)c1. The molecule has 0 aliphatic heterocycles. The van der Waals surface area contributed by atoms with Crippen molar-refractivity contribution in [3.63, 3.8) is 0 Å². The molecule has 2 aromatic rings. The molecular formula is C18H19F2N3O3. The van der Waals surface area contributed by atoms with E-state index in [1.165, 1.54) is 24.3 Å². The minimum absolute atomic E-state index is 0.0273. The van der Waals surface area contributed by atoms with Crippen LogP contribution in [0, 0.1) is 0 Å². The summed E-state index contributed by atoms with van der Waals surface area (Å²) in [7, 11) is 0. The predicted molar refractivity (Wildman–Crippen MR) is 94.6 cm³/mol.